The second kappa shape index (κ2) is 5.13. The van der Waals surface area contributed by atoms with Crippen LogP contribution in [0.25, 0.3) is 0 Å². The molecule has 0 amide bonds. The summed E-state index contributed by atoms with van der Waals surface area (Å²) in [5.41, 5.74) is 11.4. The summed E-state index contributed by atoms with van der Waals surface area (Å²) in [6.45, 7) is 6.78. The summed E-state index contributed by atoms with van der Waals surface area (Å²) in [6, 6.07) is 12.1. The number of hydrogen-bond donors (Lipinski definition) is 1. The standard InChI is InChI=1S/C16H19NO/c1-11-7-8-14(9-12(11)2)10-18-16-6-4-5-15(17)13(16)3/h4-9H,10,17H2,1-3H3. The highest BCUT2D eigenvalue weighted by Crippen LogP contribution is 2.24. The van der Waals surface area contributed by atoms with Crippen LogP contribution in [-0.4, -0.2) is 0 Å². The Bertz CT molecular complexity index is 561. The van der Waals surface area contributed by atoms with Crippen LogP contribution in [0.3, 0.4) is 0 Å². The van der Waals surface area contributed by atoms with Gasteiger partial charge in [0.05, 0.1) is 0 Å². The van der Waals surface area contributed by atoms with E-state index in [1.807, 2.05) is 25.1 Å². The van der Waals surface area contributed by atoms with E-state index >= 15 is 0 Å². The molecule has 0 saturated carbocycles. The Hall–Kier alpha value is -1.96. The minimum atomic E-state index is 0.575. The molecule has 0 heterocycles. The van der Waals surface area contributed by atoms with Gasteiger partial charge in [0, 0.05) is 11.3 Å². The van der Waals surface area contributed by atoms with Gasteiger partial charge in [0.2, 0.25) is 0 Å². The van der Waals surface area contributed by atoms with Crippen LogP contribution in [0, 0.1) is 20.8 Å². The van der Waals surface area contributed by atoms with Crippen molar-refractivity contribution in [1.82, 2.24) is 0 Å². The maximum Gasteiger partial charge on any atom is 0.124 e. The Morgan fingerprint density at radius 3 is 2.50 bits per heavy atom. The molecule has 2 nitrogen and oxygen atoms in total. The van der Waals surface area contributed by atoms with Gasteiger partial charge in [0.1, 0.15) is 12.4 Å². The van der Waals surface area contributed by atoms with Crippen LogP contribution in [-0.2, 0) is 6.61 Å². The van der Waals surface area contributed by atoms with Gasteiger partial charge in [0.25, 0.3) is 0 Å². The molecule has 0 aliphatic carbocycles. The number of anilines is 1. The molecule has 2 N–H and O–H groups in total. The quantitative estimate of drug-likeness (QED) is 0.830. The molecule has 0 fully saturated rings. The summed E-state index contributed by atoms with van der Waals surface area (Å²) in [5, 5.41) is 0. The lowest BCUT2D eigenvalue weighted by atomic mass is 10.1. The first-order valence-electron chi connectivity index (χ1n) is 6.12. The van der Waals surface area contributed by atoms with E-state index in [0.29, 0.717) is 6.61 Å². The third-order valence-electron chi connectivity index (χ3n) is 3.29. The molecule has 18 heavy (non-hydrogen) atoms. The van der Waals surface area contributed by atoms with E-state index in [9.17, 15) is 0 Å². The lowest BCUT2D eigenvalue weighted by molar-refractivity contribution is 0.304. The van der Waals surface area contributed by atoms with E-state index in [2.05, 4.69) is 32.0 Å². The molecular weight excluding hydrogens is 222 g/mol. The van der Waals surface area contributed by atoms with Gasteiger partial charge in [-0.15, -0.1) is 0 Å². The minimum Gasteiger partial charge on any atom is -0.489 e. The molecule has 2 aromatic carbocycles. The van der Waals surface area contributed by atoms with E-state index in [0.717, 1.165) is 17.0 Å². The van der Waals surface area contributed by atoms with Crippen molar-refractivity contribution < 1.29 is 4.74 Å². The van der Waals surface area contributed by atoms with E-state index in [4.69, 9.17) is 10.5 Å². The second-order valence-electron chi connectivity index (χ2n) is 4.68. The Balaban J connectivity index is 2.11. The highest BCUT2D eigenvalue weighted by atomic mass is 16.5. The average Bonchev–Trinajstić information content (AvgIpc) is 2.35. The molecule has 0 atom stereocenters. The molecule has 0 spiro atoms. The Labute approximate surface area is 108 Å². The third kappa shape index (κ3) is 2.65. The molecule has 0 aromatic heterocycles. The number of nitrogens with two attached hydrogens (primary N) is 1. The molecule has 0 radical (unpaired) electrons. The zero-order chi connectivity index (χ0) is 13.1. The van der Waals surface area contributed by atoms with Crippen molar-refractivity contribution in [2.24, 2.45) is 0 Å². The van der Waals surface area contributed by atoms with Crippen LogP contribution in [0.1, 0.15) is 22.3 Å². The van der Waals surface area contributed by atoms with Gasteiger partial charge >= 0.3 is 0 Å². The summed E-state index contributed by atoms with van der Waals surface area (Å²) in [6.07, 6.45) is 0. The zero-order valence-electron chi connectivity index (χ0n) is 11.2. The molecule has 0 aliphatic heterocycles. The van der Waals surface area contributed by atoms with E-state index < -0.39 is 0 Å². The normalized spacial score (nSPS) is 10.4. The second-order valence-corrected chi connectivity index (χ2v) is 4.68. The van der Waals surface area contributed by atoms with E-state index in [1.165, 1.54) is 16.7 Å². The van der Waals surface area contributed by atoms with Crippen LogP contribution < -0.4 is 10.5 Å². The average molecular weight is 241 g/mol. The lowest BCUT2D eigenvalue weighted by Gasteiger charge is -2.11. The molecule has 0 aliphatic rings. The predicted molar refractivity (Wildman–Crippen MR) is 75.8 cm³/mol. The first-order valence-corrected chi connectivity index (χ1v) is 6.12. The molecule has 94 valence electrons. The number of aryl methyl sites for hydroxylation is 2. The molecule has 0 unspecified atom stereocenters. The number of ether oxygens (including phenoxy) is 1. The SMILES string of the molecule is Cc1ccc(COc2cccc(N)c2C)cc1C. The lowest BCUT2D eigenvalue weighted by Crippen LogP contribution is -1.99. The van der Waals surface area contributed by atoms with Gasteiger partial charge in [-0.1, -0.05) is 24.3 Å². The fourth-order valence-electron chi connectivity index (χ4n) is 1.84. The van der Waals surface area contributed by atoms with Gasteiger partial charge in [-0.3, -0.25) is 0 Å². The molecule has 2 rings (SSSR count). The number of benzene rings is 2. The van der Waals surface area contributed by atoms with Crippen molar-refractivity contribution in [1.29, 1.82) is 0 Å². The van der Waals surface area contributed by atoms with Gasteiger partial charge in [-0.25, -0.2) is 0 Å². The molecule has 2 aromatic rings. The summed E-state index contributed by atoms with van der Waals surface area (Å²) >= 11 is 0. The van der Waals surface area contributed by atoms with Crippen LogP contribution in [0.2, 0.25) is 0 Å². The third-order valence-corrected chi connectivity index (χ3v) is 3.29. The van der Waals surface area contributed by atoms with Gasteiger partial charge < -0.3 is 10.5 Å². The predicted octanol–water partition coefficient (Wildman–Crippen LogP) is 3.77. The maximum atomic E-state index is 5.85. The minimum absolute atomic E-state index is 0.575. The first kappa shape index (κ1) is 12.5. The van der Waals surface area contributed by atoms with Crippen molar-refractivity contribution in [2.75, 3.05) is 5.73 Å². The highest BCUT2D eigenvalue weighted by Gasteiger charge is 2.03. The number of rotatable bonds is 3. The molecule has 0 saturated heterocycles. The summed E-state index contributed by atoms with van der Waals surface area (Å²) in [5.74, 6) is 0.855. The van der Waals surface area contributed by atoms with Gasteiger partial charge in [0.15, 0.2) is 0 Å². The maximum absolute atomic E-state index is 5.85. The zero-order valence-corrected chi connectivity index (χ0v) is 11.2. The summed E-state index contributed by atoms with van der Waals surface area (Å²) in [4.78, 5) is 0. The van der Waals surface area contributed by atoms with Crippen LogP contribution in [0.15, 0.2) is 36.4 Å². The van der Waals surface area contributed by atoms with Crippen molar-refractivity contribution >= 4 is 5.69 Å². The smallest absolute Gasteiger partial charge is 0.124 e. The van der Waals surface area contributed by atoms with E-state index in [-0.39, 0.29) is 0 Å². The Morgan fingerprint density at radius 2 is 1.78 bits per heavy atom. The van der Waals surface area contributed by atoms with Gasteiger partial charge in [-0.05, 0) is 49.6 Å². The Kier molecular flexibility index (Phi) is 3.56. The molecule has 0 bridgehead atoms. The summed E-state index contributed by atoms with van der Waals surface area (Å²) < 4.78 is 5.82. The fraction of sp³-hybridized carbons (Fsp3) is 0.250. The van der Waals surface area contributed by atoms with Crippen molar-refractivity contribution in [3.8, 4) is 5.75 Å². The molecule has 2 heteroatoms. The van der Waals surface area contributed by atoms with Crippen molar-refractivity contribution in [3.05, 3.63) is 58.7 Å². The molecular formula is C16H19NO. The summed E-state index contributed by atoms with van der Waals surface area (Å²) in [7, 11) is 0. The monoisotopic (exact) mass is 241 g/mol. The van der Waals surface area contributed by atoms with Crippen LogP contribution in [0.4, 0.5) is 5.69 Å². The number of hydrogen-bond acceptors (Lipinski definition) is 2. The van der Waals surface area contributed by atoms with Crippen LogP contribution >= 0.6 is 0 Å². The Morgan fingerprint density at radius 1 is 1.00 bits per heavy atom. The van der Waals surface area contributed by atoms with Crippen LogP contribution in [0.5, 0.6) is 5.75 Å². The number of nitrogen functional groups attached to an aromatic ring is 1. The topological polar surface area (TPSA) is 35.2 Å². The first-order chi connectivity index (χ1) is 8.58. The van der Waals surface area contributed by atoms with Crippen molar-refractivity contribution in [3.63, 3.8) is 0 Å². The highest BCUT2D eigenvalue weighted by molar-refractivity contribution is 5.53. The largest absolute Gasteiger partial charge is 0.489 e. The van der Waals surface area contributed by atoms with Gasteiger partial charge in [-0.2, -0.15) is 0 Å². The fourth-order valence-corrected chi connectivity index (χ4v) is 1.84. The van der Waals surface area contributed by atoms with E-state index in [1.54, 1.807) is 0 Å². The van der Waals surface area contributed by atoms with Crippen molar-refractivity contribution in [2.45, 2.75) is 27.4 Å².